The normalized spacial score (nSPS) is 14.1. The molecule has 0 bridgehead atoms. The summed E-state index contributed by atoms with van der Waals surface area (Å²) in [5.41, 5.74) is -0.417. The summed E-state index contributed by atoms with van der Waals surface area (Å²) in [5.74, 6) is -1.85. The molecule has 0 radical (unpaired) electrons. The van der Waals surface area contributed by atoms with Crippen LogP contribution in [0.5, 0.6) is 5.75 Å². The Bertz CT molecular complexity index is 577. The molecular weight excluding hydrogens is 273 g/mol. The van der Waals surface area contributed by atoms with Crippen LogP contribution < -0.4 is 10.1 Å². The fourth-order valence-corrected chi connectivity index (χ4v) is 1.65. The van der Waals surface area contributed by atoms with E-state index in [-0.39, 0.29) is 12.3 Å². The van der Waals surface area contributed by atoms with E-state index in [1.165, 1.54) is 0 Å². The molecule has 106 valence electrons. The van der Waals surface area contributed by atoms with Gasteiger partial charge in [0, 0.05) is 19.2 Å². The van der Waals surface area contributed by atoms with Gasteiger partial charge in [0.1, 0.15) is 0 Å². The van der Waals surface area contributed by atoms with Crippen LogP contribution in [0.25, 0.3) is 0 Å². The van der Waals surface area contributed by atoms with Gasteiger partial charge in [0.2, 0.25) is 0 Å². The van der Waals surface area contributed by atoms with Gasteiger partial charge in [0.05, 0.1) is 11.0 Å². The molecule has 1 saturated heterocycles. The molecular formula is C11H10FN3O5. The Labute approximate surface area is 112 Å². The van der Waals surface area contributed by atoms with Gasteiger partial charge in [0.25, 0.3) is 11.6 Å². The molecule has 8 nitrogen and oxygen atoms in total. The standard InChI is InChI=1S/C11H10FN3O5/c12-8-5-7(15(18)19)1-2-9(8)20-6-10(16)14-4-3-13-11(14)17/h1-2,5H,3-4,6H2,(H,13,17). The van der Waals surface area contributed by atoms with E-state index in [1.807, 2.05) is 0 Å². The molecule has 20 heavy (non-hydrogen) atoms. The van der Waals surface area contributed by atoms with Crippen molar-refractivity contribution in [3.8, 4) is 5.75 Å². The average Bonchev–Trinajstić information content (AvgIpc) is 2.83. The molecule has 9 heteroatoms. The van der Waals surface area contributed by atoms with Crippen LogP contribution in [0.2, 0.25) is 0 Å². The van der Waals surface area contributed by atoms with Gasteiger partial charge < -0.3 is 10.1 Å². The summed E-state index contributed by atoms with van der Waals surface area (Å²) in [4.78, 5) is 33.5. The quantitative estimate of drug-likeness (QED) is 0.646. The lowest BCUT2D eigenvalue weighted by molar-refractivity contribution is -0.385. The van der Waals surface area contributed by atoms with Gasteiger partial charge in [-0.3, -0.25) is 19.8 Å². The fourth-order valence-electron chi connectivity index (χ4n) is 1.65. The molecule has 0 aliphatic carbocycles. The molecule has 0 unspecified atom stereocenters. The number of hydrogen-bond acceptors (Lipinski definition) is 5. The van der Waals surface area contributed by atoms with Crippen molar-refractivity contribution in [3.63, 3.8) is 0 Å². The van der Waals surface area contributed by atoms with Crippen LogP contribution in [0.1, 0.15) is 0 Å². The summed E-state index contributed by atoms with van der Waals surface area (Å²) in [6, 6.07) is 2.29. The van der Waals surface area contributed by atoms with Gasteiger partial charge in [-0.25, -0.2) is 9.18 Å². The number of rotatable bonds is 4. The Morgan fingerprint density at radius 3 is 2.85 bits per heavy atom. The van der Waals surface area contributed by atoms with Crippen LogP contribution >= 0.6 is 0 Å². The lowest BCUT2D eigenvalue weighted by atomic mass is 10.3. The highest BCUT2D eigenvalue weighted by Crippen LogP contribution is 2.22. The second-order valence-electron chi connectivity index (χ2n) is 3.94. The number of urea groups is 1. The minimum absolute atomic E-state index is 0.226. The fraction of sp³-hybridized carbons (Fsp3) is 0.273. The monoisotopic (exact) mass is 283 g/mol. The molecule has 1 N–H and O–H groups in total. The predicted molar refractivity (Wildman–Crippen MR) is 63.7 cm³/mol. The van der Waals surface area contributed by atoms with Gasteiger partial charge in [-0.15, -0.1) is 0 Å². The highest BCUT2D eigenvalue weighted by molar-refractivity contribution is 5.96. The van der Waals surface area contributed by atoms with Crippen molar-refractivity contribution in [2.45, 2.75) is 0 Å². The van der Waals surface area contributed by atoms with E-state index in [2.05, 4.69) is 5.32 Å². The number of hydrogen-bond donors (Lipinski definition) is 1. The first-order valence-corrected chi connectivity index (χ1v) is 5.64. The third-order valence-corrected chi connectivity index (χ3v) is 2.64. The minimum atomic E-state index is -0.946. The van der Waals surface area contributed by atoms with Crippen molar-refractivity contribution in [1.29, 1.82) is 0 Å². The zero-order valence-corrected chi connectivity index (χ0v) is 10.2. The van der Waals surface area contributed by atoms with E-state index in [1.54, 1.807) is 0 Å². The van der Waals surface area contributed by atoms with Crippen LogP contribution in [0.3, 0.4) is 0 Å². The summed E-state index contributed by atoms with van der Waals surface area (Å²) in [6.45, 7) is 0.0579. The number of ether oxygens (including phenoxy) is 1. The maximum atomic E-state index is 13.5. The Morgan fingerprint density at radius 2 is 2.30 bits per heavy atom. The molecule has 1 fully saturated rings. The smallest absolute Gasteiger partial charge is 0.324 e. The summed E-state index contributed by atoms with van der Waals surface area (Å²) in [6.07, 6.45) is 0. The molecule has 1 aliphatic heterocycles. The molecule has 0 spiro atoms. The van der Waals surface area contributed by atoms with E-state index in [0.717, 1.165) is 17.0 Å². The molecule has 1 aromatic rings. The Balaban J connectivity index is 1.99. The van der Waals surface area contributed by atoms with E-state index in [9.17, 15) is 24.1 Å². The number of nitro benzene ring substituents is 1. The number of amides is 3. The van der Waals surface area contributed by atoms with Crippen molar-refractivity contribution in [3.05, 3.63) is 34.1 Å². The third-order valence-electron chi connectivity index (χ3n) is 2.64. The Kier molecular flexibility index (Phi) is 3.78. The number of imide groups is 1. The topological polar surface area (TPSA) is 102 Å². The first kappa shape index (κ1) is 13.7. The number of nitrogens with one attached hydrogen (secondary N) is 1. The third kappa shape index (κ3) is 2.82. The first-order chi connectivity index (χ1) is 9.49. The number of carbonyl (C=O) groups is 2. The van der Waals surface area contributed by atoms with E-state index in [0.29, 0.717) is 12.6 Å². The van der Waals surface area contributed by atoms with Crippen molar-refractivity contribution >= 4 is 17.6 Å². The molecule has 1 aliphatic rings. The zero-order valence-electron chi connectivity index (χ0n) is 10.2. The molecule has 0 saturated carbocycles. The van der Waals surface area contributed by atoms with Crippen molar-refractivity contribution in [2.24, 2.45) is 0 Å². The van der Waals surface area contributed by atoms with Gasteiger partial charge in [0.15, 0.2) is 18.2 Å². The zero-order chi connectivity index (χ0) is 14.7. The second-order valence-corrected chi connectivity index (χ2v) is 3.94. The highest BCUT2D eigenvalue weighted by atomic mass is 19.1. The molecule has 1 heterocycles. The minimum Gasteiger partial charge on any atom is -0.481 e. The van der Waals surface area contributed by atoms with Crippen LogP contribution in [0.15, 0.2) is 18.2 Å². The number of benzene rings is 1. The van der Waals surface area contributed by atoms with E-state index < -0.39 is 35.0 Å². The van der Waals surface area contributed by atoms with E-state index >= 15 is 0 Å². The average molecular weight is 283 g/mol. The number of nitrogens with zero attached hydrogens (tertiary/aromatic N) is 2. The van der Waals surface area contributed by atoms with Crippen LogP contribution in [0, 0.1) is 15.9 Å². The summed E-state index contributed by atoms with van der Waals surface area (Å²) in [7, 11) is 0. The molecule has 0 aromatic heterocycles. The van der Waals surface area contributed by atoms with Gasteiger partial charge >= 0.3 is 6.03 Å². The van der Waals surface area contributed by atoms with Crippen LogP contribution in [0.4, 0.5) is 14.9 Å². The van der Waals surface area contributed by atoms with E-state index in [4.69, 9.17) is 4.74 Å². The maximum Gasteiger partial charge on any atom is 0.324 e. The Hall–Kier alpha value is -2.71. The second kappa shape index (κ2) is 5.51. The van der Waals surface area contributed by atoms with Crippen molar-refractivity contribution < 1.29 is 23.6 Å². The van der Waals surface area contributed by atoms with Crippen molar-refractivity contribution in [2.75, 3.05) is 19.7 Å². The largest absolute Gasteiger partial charge is 0.481 e. The van der Waals surface area contributed by atoms with Gasteiger partial charge in [-0.05, 0) is 6.07 Å². The van der Waals surface area contributed by atoms with Crippen LogP contribution in [-0.2, 0) is 4.79 Å². The van der Waals surface area contributed by atoms with Gasteiger partial charge in [-0.2, -0.15) is 0 Å². The van der Waals surface area contributed by atoms with Crippen LogP contribution in [-0.4, -0.2) is 41.5 Å². The molecule has 0 atom stereocenters. The lowest BCUT2D eigenvalue weighted by Gasteiger charge is -2.12. The summed E-state index contributed by atoms with van der Waals surface area (Å²) >= 11 is 0. The number of carbonyl (C=O) groups excluding carboxylic acids is 2. The Morgan fingerprint density at radius 1 is 1.55 bits per heavy atom. The highest BCUT2D eigenvalue weighted by Gasteiger charge is 2.26. The molecule has 1 aromatic carbocycles. The number of non-ortho nitro benzene ring substituents is 1. The maximum absolute atomic E-state index is 13.5. The summed E-state index contributed by atoms with van der Waals surface area (Å²) < 4.78 is 18.4. The number of nitro groups is 1. The predicted octanol–water partition coefficient (Wildman–Crippen LogP) is 0.664. The summed E-state index contributed by atoms with van der Waals surface area (Å²) in [5, 5.41) is 12.9. The molecule has 3 amide bonds. The first-order valence-electron chi connectivity index (χ1n) is 5.64. The lowest BCUT2D eigenvalue weighted by Crippen LogP contribution is -2.37. The molecule has 2 rings (SSSR count). The van der Waals surface area contributed by atoms with Gasteiger partial charge in [-0.1, -0.05) is 0 Å². The SMILES string of the molecule is O=C(COc1ccc([N+](=O)[O-])cc1F)N1CCNC1=O. The number of halogens is 1. The van der Waals surface area contributed by atoms with Crippen molar-refractivity contribution in [1.82, 2.24) is 10.2 Å².